The second kappa shape index (κ2) is 7.80. The van der Waals surface area contributed by atoms with Gasteiger partial charge >= 0.3 is 0 Å². The van der Waals surface area contributed by atoms with Gasteiger partial charge in [-0.1, -0.05) is 35.9 Å². The van der Waals surface area contributed by atoms with E-state index >= 15 is 0 Å². The molecule has 2 amide bonds. The number of anilines is 2. The lowest BCUT2D eigenvalue weighted by molar-refractivity contribution is 0.102. The molecule has 6 heteroatoms. The van der Waals surface area contributed by atoms with Gasteiger partial charge in [0.1, 0.15) is 5.69 Å². The van der Waals surface area contributed by atoms with Crippen molar-refractivity contribution in [2.24, 2.45) is 0 Å². The Hall–Kier alpha value is -3.18. The summed E-state index contributed by atoms with van der Waals surface area (Å²) in [6.45, 7) is 1.88. The van der Waals surface area contributed by atoms with E-state index in [1.54, 1.807) is 30.3 Å². The molecule has 0 spiro atoms. The number of halogens is 1. The molecule has 0 saturated carbocycles. The number of benzene rings is 2. The molecule has 26 heavy (non-hydrogen) atoms. The van der Waals surface area contributed by atoms with Crippen LogP contribution in [-0.4, -0.2) is 16.8 Å². The molecule has 0 aliphatic rings. The molecule has 2 N–H and O–H groups in total. The maximum atomic E-state index is 12.4. The first-order chi connectivity index (χ1) is 12.5. The summed E-state index contributed by atoms with van der Waals surface area (Å²) < 4.78 is 0. The third-order valence-electron chi connectivity index (χ3n) is 3.72. The van der Waals surface area contributed by atoms with Crippen molar-refractivity contribution >= 4 is 34.8 Å². The van der Waals surface area contributed by atoms with E-state index in [1.807, 2.05) is 31.2 Å². The van der Waals surface area contributed by atoms with Crippen LogP contribution in [0.2, 0.25) is 5.02 Å². The average Bonchev–Trinajstić information content (AvgIpc) is 2.65. The van der Waals surface area contributed by atoms with Gasteiger partial charge in [0, 0.05) is 28.2 Å². The van der Waals surface area contributed by atoms with Crippen LogP contribution in [0, 0.1) is 6.92 Å². The summed E-state index contributed by atoms with van der Waals surface area (Å²) in [7, 11) is 0. The second-order valence-corrected chi connectivity index (χ2v) is 6.08. The van der Waals surface area contributed by atoms with Crippen molar-refractivity contribution in [3.63, 3.8) is 0 Å². The Morgan fingerprint density at radius 3 is 2.35 bits per heavy atom. The van der Waals surface area contributed by atoms with Gasteiger partial charge < -0.3 is 10.6 Å². The summed E-state index contributed by atoms with van der Waals surface area (Å²) in [4.78, 5) is 28.8. The zero-order valence-electron chi connectivity index (χ0n) is 14.0. The predicted octanol–water partition coefficient (Wildman–Crippen LogP) is 4.55. The lowest BCUT2D eigenvalue weighted by Crippen LogP contribution is -2.17. The van der Waals surface area contributed by atoms with Gasteiger partial charge in [-0.25, -0.2) is 0 Å². The van der Waals surface area contributed by atoms with E-state index in [2.05, 4.69) is 15.6 Å². The number of carbonyl (C=O) groups excluding carboxylic acids is 2. The minimum Gasteiger partial charge on any atom is -0.322 e. The lowest BCUT2D eigenvalue weighted by atomic mass is 10.2. The van der Waals surface area contributed by atoms with Gasteiger partial charge in [-0.15, -0.1) is 0 Å². The highest BCUT2D eigenvalue weighted by atomic mass is 35.5. The van der Waals surface area contributed by atoms with Crippen molar-refractivity contribution in [3.8, 4) is 0 Å². The predicted molar refractivity (Wildman–Crippen MR) is 103 cm³/mol. The molecule has 3 aromatic rings. The largest absolute Gasteiger partial charge is 0.322 e. The zero-order valence-corrected chi connectivity index (χ0v) is 14.7. The Morgan fingerprint density at radius 2 is 1.62 bits per heavy atom. The van der Waals surface area contributed by atoms with Crippen molar-refractivity contribution in [2.45, 2.75) is 6.92 Å². The van der Waals surface area contributed by atoms with Crippen LogP contribution in [0.25, 0.3) is 0 Å². The number of nitrogens with zero attached hydrogens (tertiary/aromatic N) is 1. The quantitative estimate of drug-likeness (QED) is 0.712. The topological polar surface area (TPSA) is 71.1 Å². The summed E-state index contributed by atoms with van der Waals surface area (Å²) >= 11 is 6.07. The van der Waals surface area contributed by atoms with Crippen LogP contribution in [-0.2, 0) is 0 Å². The first-order valence-electron chi connectivity index (χ1n) is 7.93. The molecule has 0 unspecified atom stereocenters. The van der Waals surface area contributed by atoms with Gasteiger partial charge in [0.05, 0.1) is 0 Å². The molecule has 0 atom stereocenters. The fourth-order valence-electron chi connectivity index (χ4n) is 2.29. The first-order valence-corrected chi connectivity index (χ1v) is 8.31. The number of hydrogen-bond donors (Lipinski definition) is 2. The number of aromatic nitrogens is 1. The van der Waals surface area contributed by atoms with Crippen molar-refractivity contribution in [1.82, 2.24) is 4.98 Å². The molecule has 3 rings (SSSR count). The average molecular weight is 366 g/mol. The maximum Gasteiger partial charge on any atom is 0.274 e. The fourth-order valence-corrected chi connectivity index (χ4v) is 2.47. The highest BCUT2D eigenvalue weighted by Crippen LogP contribution is 2.20. The molecule has 5 nitrogen and oxygen atoms in total. The highest BCUT2D eigenvalue weighted by molar-refractivity contribution is 6.31. The summed E-state index contributed by atoms with van der Waals surface area (Å²) in [5.41, 5.74) is 2.64. The first kappa shape index (κ1) is 17.6. The molecule has 0 radical (unpaired) electrons. The normalized spacial score (nSPS) is 10.2. The van der Waals surface area contributed by atoms with Crippen LogP contribution in [0.1, 0.15) is 26.4 Å². The third-order valence-corrected chi connectivity index (χ3v) is 4.12. The molecule has 0 fully saturated rings. The summed E-state index contributed by atoms with van der Waals surface area (Å²) in [5, 5.41) is 6.06. The minimum atomic E-state index is -0.417. The van der Waals surface area contributed by atoms with Crippen LogP contribution in [0.5, 0.6) is 0 Å². The molecular weight excluding hydrogens is 350 g/mol. The van der Waals surface area contributed by atoms with Gasteiger partial charge in [-0.05, 0) is 48.9 Å². The van der Waals surface area contributed by atoms with E-state index in [0.29, 0.717) is 22.0 Å². The smallest absolute Gasteiger partial charge is 0.274 e. The van der Waals surface area contributed by atoms with Crippen molar-refractivity contribution < 1.29 is 9.59 Å². The van der Waals surface area contributed by atoms with Gasteiger partial charge in [0.2, 0.25) is 0 Å². The number of amides is 2. The van der Waals surface area contributed by atoms with Crippen LogP contribution < -0.4 is 10.6 Å². The maximum absolute atomic E-state index is 12.4. The molecule has 130 valence electrons. The fraction of sp³-hybridized carbons (Fsp3) is 0.0500. The number of rotatable bonds is 4. The van der Waals surface area contributed by atoms with Crippen LogP contribution >= 0.6 is 11.6 Å². The van der Waals surface area contributed by atoms with Gasteiger partial charge in [-0.3, -0.25) is 14.6 Å². The summed E-state index contributed by atoms with van der Waals surface area (Å²) in [5.74, 6) is -0.731. The number of para-hydroxylation sites is 1. The SMILES string of the molecule is Cc1ccc(NC(=O)c2cc(C(=O)Nc3ccccc3)ccn2)cc1Cl. The van der Waals surface area contributed by atoms with Crippen molar-refractivity contribution in [3.05, 3.63) is 88.7 Å². The minimum absolute atomic E-state index is 0.141. The Bertz CT molecular complexity index is 958. The molecule has 0 saturated heterocycles. The monoisotopic (exact) mass is 365 g/mol. The molecule has 0 bridgehead atoms. The van der Waals surface area contributed by atoms with E-state index in [0.717, 1.165) is 5.56 Å². The summed E-state index contributed by atoms with van der Waals surface area (Å²) in [6.07, 6.45) is 1.43. The Balaban J connectivity index is 1.74. The number of carbonyl (C=O) groups is 2. The van der Waals surface area contributed by atoms with E-state index in [4.69, 9.17) is 11.6 Å². The zero-order chi connectivity index (χ0) is 18.5. The second-order valence-electron chi connectivity index (χ2n) is 5.67. The molecule has 1 aromatic heterocycles. The van der Waals surface area contributed by atoms with Gasteiger partial charge in [0.25, 0.3) is 11.8 Å². The van der Waals surface area contributed by atoms with Crippen LogP contribution in [0.15, 0.2) is 66.9 Å². The molecular formula is C20H16ClN3O2. The number of aryl methyl sites for hydroxylation is 1. The van der Waals surface area contributed by atoms with Gasteiger partial charge in [-0.2, -0.15) is 0 Å². The molecule has 2 aromatic carbocycles. The highest BCUT2D eigenvalue weighted by Gasteiger charge is 2.13. The summed E-state index contributed by atoms with van der Waals surface area (Å²) in [6, 6.07) is 17.3. The van der Waals surface area contributed by atoms with Crippen molar-refractivity contribution in [2.75, 3.05) is 10.6 Å². The van der Waals surface area contributed by atoms with Crippen LogP contribution in [0.4, 0.5) is 11.4 Å². The van der Waals surface area contributed by atoms with Gasteiger partial charge in [0.15, 0.2) is 0 Å². The van der Waals surface area contributed by atoms with E-state index in [9.17, 15) is 9.59 Å². The number of nitrogens with one attached hydrogen (secondary N) is 2. The Morgan fingerprint density at radius 1 is 0.885 bits per heavy atom. The molecule has 1 heterocycles. The van der Waals surface area contributed by atoms with Crippen molar-refractivity contribution in [1.29, 1.82) is 0 Å². The van der Waals surface area contributed by atoms with E-state index < -0.39 is 5.91 Å². The Kier molecular flexibility index (Phi) is 5.29. The Labute approximate surface area is 156 Å². The molecule has 0 aliphatic heterocycles. The van der Waals surface area contributed by atoms with E-state index in [1.165, 1.54) is 12.3 Å². The molecule has 0 aliphatic carbocycles. The standard InChI is InChI=1S/C20H16ClN3O2/c1-13-7-8-16(12-17(13)21)24-20(26)18-11-14(9-10-22-18)19(25)23-15-5-3-2-4-6-15/h2-12H,1H3,(H,23,25)(H,24,26). The van der Waals surface area contributed by atoms with Crippen LogP contribution in [0.3, 0.4) is 0 Å². The van der Waals surface area contributed by atoms with E-state index in [-0.39, 0.29) is 11.6 Å². The lowest BCUT2D eigenvalue weighted by Gasteiger charge is -2.08. The number of hydrogen-bond acceptors (Lipinski definition) is 3. The number of pyridine rings is 1. The third kappa shape index (κ3) is 4.26.